The zero-order chi connectivity index (χ0) is 17.2. The quantitative estimate of drug-likeness (QED) is 0.755. The average molecular weight is 346 g/mol. The molecule has 0 amide bonds. The van der Waals surface area contributed by atoms with E-state index >= 15 is 0 Å². The Balaban J connectivity index is 1.84. The molecule has 0 radical (unpaired) electrons. The van der Waals surface area contributed by atoms with E-state index in [-0.39, 0.29) is 16.8 Å². The number of aryl methyl sites for hydroxylation is 1. The number of ether oxygens (including phenoxy) is 1. The van der Waals surface area contributed by atoms with Crippen LogP contribution in [0, 0.1) is 6.92 Å². The van der Waals surface area contributed by atoms with E-state index in [1.54, 1.807) is 0 Å². The zero-order valence-electron chi connectivity index (χ0n) is 12.9. The Morgan fingerprint density at radius 1 is 1.12 bits per heavy atom. The molecule has 0 unspecified atom stereocenters. The van der Waals surface area contributed by atoms with Gasteiger partial charge in [0.1, 0.15) is 4.90 Å². The molecule has 124 valence electrons. The van der Waals surface area contributed by atoms with Gasteiger partial charge in [-0.1, -0.05) is 23.3 Å². The van der Waals surface area contributed by atoms with Gasteiger partial charge in [0.05, 0.1) is 13.3 Å². The number of sulfonamides is 1. The Labute approximate surface area is 138 Å². The lowest BCUT2D eigenvalue weighted by atomic mass is 10.1. The highest BCUT2D eigenvalue weighted by atomic mass is 32.2. The highest BCUT2D eigenvalue weighted by Gasteiger charge is 2.19. The van der Waals surface area contributed by atoms with Crippen LogP contribution in [-0.2, 0) is 10.0 Å². The number of nitrogens with one attached hydrogen (secondary N) is 1. The van der Waals surface area contributed by atoms with Gasteiger partial charge >= 0.3 is 6.01 Å². The van der Waals surface area contributed by atoms with E-state index in [1.165, 1.54) is 25.4 Å². The van der Waals surface area contributed by atoms with Crippen LogP contribution in [0.25, 0.3) is 11.5 Å². The van der Waals surface area contributed by atoms with E-state index < -0.39 is 10.0 Å². The number of hydrogen-bond donors (Lipinski definition) is 1. The second-order valence-electron chi connectivity index (χ2n) is 4.87. The first kappa shape index (κ1) is 15.9. The molecule has 0 saturated carbocycles. The van der Waals surface area contributed by atoms with E-state index in [1.807, 2.05) is 31.2 Å². The number of aromatic nitrogens is 3. The zero-order valence-corrected chi connectivity index (χ0v) is 13.7. The smallest absolute Gasteiger partial charge is 0.330 e. The molecule has 9 heteroatoms. The van der Waals surface area contributed by atoms with Gasteiger partial charge in [-0.15, -0.1) is 5.10 Å². The van der Waals surface area contributed by atoms with Crippen LogP contribution in [0.4, 0.5) is 6.01 Å². The van der Waals surface area contributed by atoms with Crippen molar-refractivity contribution in [3.63, 3.8) is 0 Å². The Hall–Kier alpha value is -2.94. The SMILES string of the molecule is COc1ccc(S(=O)(=O)Nc2nnc(-c3ccccc3C)o2)cn1. The van der Waals surface area contributed by atoms with Crippen molar-refractivity contribution in [2.75, 3.05) is 11.8 Å². The summed E-state index contributed by atoms with van der Waals surface area (Å²) in [5.41, 5.74) is 1.68. The molecule has 8 nitrogen and oxygen atoms in total. The second-order valence-corrected chi connectivity index (χ2v) is 6.55. The summed E-state index contributed by atoms with van der Waals surface area (Å²) in [6.45, 7) is 1.90. The summed E-state index contributed by atoms with van der Waals surface area (Å²) < 4.78 is 37.1. The molecule has 3 rings (SSSR count). The molecular weight excluding hydrogens is 332 g/mol. The lowest BCUT2D eigenvalue weighted by Crippen LogP contribution is -2.13. The normalized spacial score (nSPS) is 11.2. The lowest BCUT2D eigenvalue weighted by Gasteiger charge is -2.04. The third kappa shape index (κ3) is 3.20. The first-order chi connectivity index (χ1) is 11.5. The predicted molar refractivity (Wildman–Crippen MR) is 86.1 cm³/mol. The number of anilines is 1. The Kier molecular flexibility index (Phi) is 4.17. The summed E-state index contributed by atoms with van der Waals surface area (Å²) in [5, 5.41) is 7.60. The Morgan fingerprint density at radius 2 is 1.92 bits per heavy atom. The van der Waals surface area contributed by atoms with E-state index in [0.717, 1.165) is 11.1 Å². The molecule has 1 N–H and O–H groups in total. The van der Waals surface area contributed by atoms with Gasteiger partial charge in [-0.2, -0.15) is 0 Å². The number of pyridine rings is 1. The first-order valence-electron chi connectivity index (χ1n) is 6.92. The molecule has 2 heterocycles. The maximum Gasteiger partial charge on any atom is 0.330 e. The highest BCUT2D eigenvalue weighted by molar-refractivity contribution is 7.92. The predicted octanol–water partition coefficient (Wildman–Crippen LogP) is 2.25. The number of rotatable bonds is 5. The van der Waals surface area contributed by atoms with Crippen molar-refractivity contribution in [2.45, 2.75) is 11.8 Å². The largest absolute Gasteiger partial charge is 0.481 e. The number of nitrogens with zero attached hydrogens (tertiary/aromatic N) is 3. The van der Waals surface area contributed by atoms with Crippen LogP contribution in [0.2, 0.25) is 0 Å². The summed E-state index contributed by atoms with van der Waals surface area (Å²) in [7, 11) is -2.44. The molecule has 0 fully saturated rings. The summed E-state index contributed by atoms with van der Waals surface area (Å²) in [4.78, 5) is 3.82. The average Bonchev–Trinajstić information content (AvgIpc) is 3.03. The fourth-order valence-corrected chi connectivity index (χ4v) is 2.88. The van der Waals surface area contributed by atoms with Gasteiger partial charge in [0.25, 0.3) is 10.0 Å². The molecule has 24 heavy (non-hydrogen) atoms. The highest BCUT2D eigenvalue weighted by Crippen LogP contribution is 2.24. The van der Waals surface area contributed by atoms with Crippen molar-refractivity contribution < 1.29 is 17.6 Å². The molecular formula is C15H14N4O4S. The van der Waals surface area contributed by atoms with E-state index in [2.05, 4.69) is 19.9 Å². The molecule has 0 aliphatic rings. The van der Waals surface area contributed by atoms with Gasteiger partial charge in [0, 0.05) is 11.6 Å². The van der Waals surface area contributed by atoms with E-state index in [9.17, 15) is 8.42 Å². The molecule has 0 saturated heterocycles. The first-order valence-corrected chi connectivity index (χ1v) is 8.40. The van der Waals surface area contributed by atoms with Gasteiger partial charge in [-0.05, 0) is 24.6 Å². The van der Waals surface area contributed by atoms with Crippen LogP contribution in [0.1, 0.15) is 5.56 Å². The summed E-state index contributed by atoms with van der Waals surface area (Å²) in [6.07, 6.45) is 1.18. The standard InChI is InChI=1S/C15H14N4O4S/c1-10-5-3-4-6-12(10)14-17-18-15(23-14)19-24(20,21)11-7-8-13(22-2)16-9-11/h3-9H,1-2H3,(H,18,19). The lowest BCUT2D eigenvalue weighted by molar-refractivity contribution is 0.397. The van der Waals surface area contributed by atoms with Crippen LogP contribution < -0.4 is 9.46 Å². The number of benzene rings is 1. The molecule has 0 bridgehead atoms. The van der Waals surface area contributed by atoms with Crippen LogP contribution in [0.5, 0.6) is 5.88 Å². The third-order valence-electron chi connectivity index (χ3n) is 3.25. The van der Waals surface area contributed by atoms with Crippen LogP contribution >= 0.6 is 0 Å². The molecule has 0 atom stereocenters. The molecule has 3 aromatic rings. The number of methoxy groups -OCH3 is 1. The second kappa shape index (κ2) is 6.28. The van der Waals surface area contributed by atoms with E-state index in [4.69, 9.17) is 9.15 Å². The van der Waals surface area contributed by atoms with Crippen molar-refractivity contribution in [2.24, 2.45) is 0 Å². The summed E-state index contributed by atoms with van der Waals surface area (Å²) in [5.74, 6) is 0.548. The molecule has 0 aliphatic heterocycles. The number of hydrogen-bond acceptors (Lipinski definition) is 7. The fraction of sp³-hybridized carbons (Fsp3) is 0.133. The van der Waals surface area contributed by atoms with Crippen LogP contribution in [0.15, 0.2) is 51.9 Å². The van der Waals surface area contributed by atoms with Crippen molar-refractivity contribution in [3.05, 3.63) is 48.2 Å². The van der Waals surface area contributed by atoms with Crippen molar-refractivity contribution in [3.8, 4) is 17.3 Å². The minimum absolute atomic E-state index is 0.0426. The van der Waals surface area contributed by atoms with E-state index in [0.29, 0.717) is 5.88 Å². The summed E-state index contributed by atoms with van der Waals surface area (Å²) >= 11 is 0. The van der Waals surface area contributed by atoms with Gasteiger partial charge in [-0.3, -0.25) is 0 Å². The topological polar surface area (TPSA) is 107 Å². The van der Waals surface area contributed by atoms with Crippen LogP contribution in [-0.4, -0.2) is 30.7 Å². The molecule has 1 aromatic carbocycles. The van der Waals surface area contributed by atoms with Crippen molar-refractivity contribution in [1.82, 2.24) is 15.2 Å². The minimum atomic E-state index is -3.88. The maximum atomic E-state index is 12.3. The maximum absolute atomic E-state index is 12.3. The van der Waals surface area contributed by atoms with Gasteiger partial charge in [0.15, 0.2) is 0 Å². The minimum Gasteiger partial charge on any atom is -0.481 e. The van der Waals surface area contributed by atoms with Crippen molar-refractivity contribution >= 4 is 16.0 Å². The Bertz CT molecular complexity index is 952. The van der Waals surface area contributed by atoms with Gasteiger partial charge in [0.2, 0.25) is 11.8 Å². The summed E-state index contributed by atoms with van der Waals surface area (Å²) in [6, 6.07) is 10.0. The van der Waals surface area contributed by atoms with Crippen molar-refractivity contribution in [1.29, 1.82) is 0 Å². The molecule has 0 spiro atoms. The Morgan fingerprint density at radius 3 is 2.58 bits per heavy atom. The molecule has 2 aromatic heterocycles. The third-order valence-corrected chi connectivity index (χ3v) is 4.56. The molecule has 0 aliphatic carbocycles. The van der Waals surface area contributed by atoms with Gasteiger partial charge in [-0.25, -0.2) is 18.1 Å². The monoisotopic (exact) mass is 346 g/mol. The van der Waals surface area contributed by atoms with Crippen LogP contribution in [0.3, 0.4) is 0 Å². The van der Waals surface area contributed by atoms with Gasteiger partial charge < -0.3 is 9.15 Å². The fourth-order valence-electron chi connectivity index (χ4n) is 2.01.